The minimum absolute atomic E-state index is 0.120. The number of fused-ring (bicyclic) bond motifs is 2. The molecule has 1 N–H and O–H groups in total. The number of hydrazone groups is 1. The van der Waals surface area contributed by atoms with E-state index in [1.165, 1.54) is 6.08 Å². The molecule has 33 heavy (non-hydrogen) atoms. The van der Waals surface area contributed by atoms with Gasteiger partial charge in [0, 0.05) is 29.2 Å². The maximum Gasteiger partial charge on any atom is 0.441 e. The molecule has 0 saturated heterocycles. The number of aromatic nitrogens is 1. The van der Waals surface area contributed by atoms with Crippen LogP contribution in [-0.2, 0) is 11.3 Å². The quantitative estimate of drug-likeness (QED) is 0.540. The Hall–Kier alpha value is -3.66. The molecule has 2 aromatic carbocycles. The summed E-state index contributed by atoms with van der Waals surface area (Å²) in [6.45, 7) is 2.62. The molecule has 0 bridgehead atoms. The Labute approximate surface area is 190 Å². The molecule has 10 heteroatoms. The molecule has 0 aliphatic carbocycles. The van der Waals surface area contributed by atoms with Gasteiger partial charge in [0.25, 0.3) is 5.91 Å². The first-order chi connectivity index (χ1) is 15.7. The molecule has 5 rings (SSSR count). The van der Waals surface area contributed by atoms with Crippen LogP contribution in [0, 0.1) is 12.3 Å². The van der Waals surface area contributed by atoms with Crippen molar-refractivity contribution in [2.75, 3.05) is 0 Å². The van der Waals surface area contributed by atoms with Crippen LogP contribution in [0.25, 0.3) is 17.0 Å². The fraction of sp³-hybridized carbons (Fsp3) is 0.130. The summed E-state index contributed by atoms with van der Waals surface area (Å²) in [4.78, 5) is 16.3. The Kier molecular flexibility index (Phi) is 4.97. The van der Waals surface area contributed by atoms with E-state index in [0.717, 1.165) is 27.0 Å². The summed E-state index contributed by atoms with van der Waals surface area (Å²) in [6.07, 6.45) is -1.32. The first-order valence-electron chi connectivity index (χ1n) is 9.91. The van der Waals surface area contributed by atoms with Gasteiger partial charge in [0.05, 0.1) is 5.57 Å². The Balaban J connectivity index is 1.55. The number of hydrogen-bond donors (Lipinski definition) is 1. The monoisotopic (exact) mass is 467 g/mol. The molecule has 3 aromatic rings. The van der Waals surface area contributed by atoms with Gasteiger partial charge in [-0.15, -0.1) is 0 Å². The number of nitrogens with one attached hydrogen (secondary N) is 1. The molecule has 1 amide bonds. The third-order valence-corrected chi connectivity index (χ3v) is 6.20. The summed E-state index contributed by atoms with van der Waals surface area (Å²) in [5.41, 5.74) is 3.72. The molecule has 0 unspecified atom stereocenters. The number of thioether (sulfide) groups is 1. The summed E-state index contributed by atoms with van der Waals surface area (Å²) >= 11 is 0.234. The lowest BCUT2D eigenvalue weighted by atomic mass is 10.1. The van der Waals surface area contributed by atoms with Crippen molar-refractivity contribution in [1.29, 1.82) is 5.41 Å². The third-order valence-electron chi connectivity index (χ3n) is 5.25. The van der Waals surface area contributed by atoms with Crippen LogP contribution in [0.5, 0.6) is 0 Å². The zero-order valence-corrected chi connectivity index (χ0v) is 18.0. The van der Waals surface area contributed by atoms with Gasteiger partial charge >= 0.3 is 6.18 Å². The normalized spacial score (nSPS) is 17.6. The van der Waals surface area contributed by atoms with Crippen LogP contribution in [0.15, 0.2) is 70.4 Å². The van der Waals surface area contributed by atoms with Gasteiger partial charge in [-0.2, -0.15) is 28.3 Å². The minimum atomic E-state index is -4.68. The average molecular weight is 467 g/mol. The molecular formula is C23H16F3N5OS. The van der Waals surface area contributed by atoms with E-state index < -0.39 is 23.0 Å². The number of rotatable bonds is 3. The number of benzene rings is 2. The van der Waals surface area contributed by atoms with Gasteiger partial charge in [0.15, 0.2) is 5.84 Å². The number of amidine groups is 2. The van der Waals surface area contributed by atoms with Gasteiger partial charge in [-0.1, -0.05) is 48.0 Å². The first kappa shape index (κ1) is 21.2. The van der Waals surface area contributed by atoms with Crippen LogP contribution < -0.4 is 0 Å². The van der Waals surface area contributed by atoms with Crippen LogP contribution in [0.4, 0.5) is 13.2 Å². The van der Waals surface area contributed by atoms with Gasteiger partial charge < -0.3 is 4.57 Å². The molecule has 3 heterocycles. The van der Waals surface area contributed by atoms with Crippen molar-refractivity contribution in [2.45, 2.75) is 19.6 Å². The second kappa shape index (κ2) is 7.73. The Morgan fingerprint density at radius 2 is 1.94 bits per heavy atom. The smallest absolute Gasteiger partial charge is 0.342 e. The number of nitrogens with zero attached hydrogens (tertiary/aromatic N) is 4. The average Bonchev–Trinajstić information content (AvgIpc) is 3.34. The van der Waals surface area contributed by atoms with Crippen molar-refractivity contribution in [3.05, 3.63) is 77.0 Å². The molecule has 2 aliphatic heterocycles. The molecule has 0 spiro atoms. The fourth-order valence-electron chi connectivity index (χ4n) is 3.79. The number of carbonyl (C=O) groups excluding carboxylic acids is 1. The standard InChI is InChI=1S/C23H16F3N5OS/c1-13-5-4-6-14(9-13)11-30-12-15(16-7-2-3-8-18(16)30)10-17-19(27)31-22(28-20(17)32)33-21(29-31)23(24,25)26/h2-10,12,27H,11H2,1H3. The molecule has 0 saturated carbocycles. The molecule has 0 radical (unpaired) electrons. The van der Waals surface area contributed by atoms with Gasteiger partial charge in [-0.25, -0.2) is 0 Å². The SMILES string of the molecule is Cc1cccc(Cn2cc(C=C3C(=N)N4N=C(C(F)(F)F)SC4=NC3=O)c3ccccc32)c1. The summed E-state index contributed by atoms with van der Waals surface area (Å²) < 4.78 is 41.2. The lowest BCUT2D eigenvalue weighted by Gasteiger charge is -2.20. The van der Waals surface area contributed by atoms with E-state index in [4.69, 9.17) is 5.41 Å². The molecular weight excluding hydrogens is 451 g/mol. The van der Waals surface area contributed by atoms with Crippen molar-refractivity contribution in [1.82, 2.24) is 9.58 Å². The summed E-state index contributed by atoms with van der Waals surface area (Å²) in [5, 5.41) is 12.0. The largest absolute Gasteiger partial charge is 0.441 e. The summed E-state index contributed by atoms with van der Waals surface area (Å²) in [6, 6.07) is 15.7. The van der Waals surface area contributed by atoms with E-state index in [1.54, 1.807) is 0 Å². The maximum absolute atomic E-state index is 13.0. The Morgan fingerprint density at radius 3 is 2.70 bits per heavy atom. The molecule has 0 atom stereocenters. The number of hydrogen-bond acceptors (Lipinski definition) is 4. The van der Waals surface area contributed by atoms with E-state index in [2.05, 4.69) is 16.2 Å². The lowest BCUT2D eigenvalue weighted by Crippen LogP contribution is -2.35. The lowest BCUT2D eigenvalue weighted by molar-refractivity contribution is -0.114. The van der Waals surface area contributed by atoms with Crippen molar-refractivity contribution in [2.24, 2.45) is 10.1 Å². The minimum Gasteiger partial charge on any atom is -0.342 e. The second-order valence-corrected chi connectivity index (χ2v) is 8.60. The van der Waals surface area contributed by atoms with Crippen LogP contribution in [0.3, 0.4) is 0 Å². The van der Waals surface area contributed by atoms with E-state index in [0.29, 0.717) is 12.1 Å². The predicted octanol–water partition coefficient (Wildman–Crippen LogP) is 5.18. The van der Waals surface area contributed by atoms with E-state index in [1.807, 2.05) is 60.2 Å². The summed E-state index contributed by atoms with van der Waals surface area (Å²) in [5.74, 6) is -1.21. The highest BCUT2D eigenvalue weighted by molar-refractivity contribution is 8.27. The molecule has 2 aliphatic rings. The number of aryl methyl sites for hydroxylation is 1. The van der Waals surface area contributed by atoms with Crippen molar-refractivity contribution < 1.29 is 18.0 Å². The van der Waals surface area contributed by atoms with E-state index in [9.17, 15) is 18.0 Å². The van der Waals surface area contributed by atoms with E-state index in [-0.39, 0.29) is 22.5 Å². The van der Waals surface area contributed by atoms with Gasteiger partial charge in [0.1, 0.15) is 0 Å². The van der Waals surface area contributed by atoms with Gasteiger partial charge in [0.2, 0.25) is 10.2 Å². The fourth-order valence-corrected chi connectivity index (χ4v) is 4.55. The van der Waals surface area contributed by atoms with E-state index >= 15 is 0 Å². The highest BCUT2D eigenvalue weighted by atomic mass is 32.2. The maximum atomic E-state index is 13.0. The van der Waals surface area contributed by atoms with Crippen molar-refractivity contribution in [3.63, 3.8) is 0 Å². The number of aliphatic imine (C=N–C) groups is 1. The number of para-hydroxylation sites is 1. The number of halogens is 3. The highest BCUT2D eigenvalue weighted by Crippen LogP contribution is 2.35. The van der Waals surface area contributed by atoms with Crippen LogP contribution in [0.2, 0.25) is 0 Å². The van der Waals surface area contributed by atoms with Gasteiger partial charge in [-0.3, -0.25) is 10.2 Å². The third kappa shape index (κ3) is 3.86. The molecule has 166 valence electrons. The Bertz CT molecular complexity index is 1420. The summed E-state index contributed by atoms with van der Waals surface area (Å²) in [7, 11) is 0. The zero-order valence-electron chi connectivity index (χ0n) is 17.2. The highest BCUT2D eigenvalue weighted by Gasteiger charge is 2.46. The molecule has 1 aromatic heterocycles. The molecule has 6 nitrogen and oxygen atoms in total. The number of alkyl halides is 3. The first-order valence-corrected chi connectivity index (χ1v) is 10.7. The van der Waals surface area contributed by atoms with Crippen molar-refractivity contribution in [3.8, 4) is 0 Å². The second-order valence-electron chi connectivity index (χ2n) is 7.64. The van der Waals surface area contributed by atoms with Crippen LogP contribution >= 0.6 is 11.8 Å². The van der Waals surface area contributed by atoms with Gasteiger partial charge in [-0.05, 0) is 36.4 Å². The predicted molar refractivity (Wildman–Crippen MR) is 123 cm³/mol. The van der Waals surface area contributed by atoms with Crippen LogP contribution in [-0.4, -0.2) is 37.7 Å². The number of carbonyl (C=O) groups is 1. The van der Waals surface area contributed by atoms with Crippen LogP contribution in [0.1, 0.15) is 16.7 Å². The topological polar surface area (TPSA) is 73.8 Å². The zero-order chi connectivity index (χ0) is 23.3. The van der Waals surface area contributed by atoms with Crippen molar-refractivity contribution >= 4 is 50.7 Å². The molecule has 0 fully saturated rings. The number of amides is 1. The Morgan fingerprint density at radius 1 is 1.15 bits per heavy atom.